The molecule has 6 nitrogen and oxygen atoms in total. The number of imide groups is 1. The molecule has 0 aliphatic carbocycles. The average molecular weight is 278 g/mol. The Labute approximate surface area is 119 Å². The van der Waals surface area contributed by atoms with E-state index in [0.29, 0.717) is 0 Å². The molecule has 1 aliphatic rings. The van der Waals surface area contributed by atoms with Gasteiger partial charge in [0.25, 0.3) is 0 Å². The molecular weight excluding hydrogens is 256 g/mol. The van der Waals surface area contributed by atoms with Gasteiger partial charge < -0.3 is 0 Å². The Morgan fingerprint density at radius 3 is 2.50 bits per heavy atom. The van der Waals surface area contributed by atoms with Crippen LogP contribution < -0.4 is 5.32 Å². The van der Waals surface area contributed by atoms with Gasteiger partial charge >= 0.3 is 0 Å². The normalized spacial score (nSPS) is 20.9. The second-order valence-corrected chi connectivity index (χ2v) is 5.34. The van der Waals surface area contributed by atoms with Crippen LogP contribution in [-0.4, -0.2) is 39.6 Å². The summed E-state index contributed by atoms with van der Waals surface area (Å²) in [5.74, 6) is -0.280. The largest absolute Gasteiger partial charge is 0.299 e. The van der Waals surface area contributed by atoms with Gasteiger partial charge in [0, 0.05) is 30.9 Å². The number of hydrogen-bond acceptors (Lipinski definition) is 4. The van der Waals surface area contributed by atoms with Gasteiger partial charge in [-0.05, 0) is 27.7 Å². The molecule has 2 unspecified atom stereocenters. The second kappa shape index (κ2) is 5.36. The van der Waals surface area contributed by atoms with Crippen molar-refractivity contribution in [1.82, 2.24) is 20.0 Å². The maximum atomic E-state index is 11.9. The molecule has 1 aromatic heterocycles. The van der Waals surface area contributed by atoms with Crippen LogP contribution in [0.4, 0.5) is 0 Å². The van der Waals surface area contributed by atoms with Crippen LogP contribution in [0.15, 0.2) is 0 Å². The number of carbonyl (C=O) groups excluding carboxylic acids is 2. The SMILES string of the molecule is CCn1nc(C)c(C(C)NC2CC(=O)N(C)C2=O)c1C. The second-order valence-electron chi connectivity index (χ2n) is 5.34. The van der Waals surface area contributed by atoms with Crippen LogP contribution in [0.2, 0.25) is 0 Å². The lowest BCUT2D eigenvalue weighted by molar-refractivity contribution is -0.137. The molecule has 0 aromatic carbocycles. The number of likely N-dealkylation sites (N-methyl/N-ethyl adjacent to an activating group) is 1. The summed E-state index contributed by atoms with van der Waals surface area (Å²) in [4.78, 5) is 24.7. The van der Waals surface area contributed by atoms with Crippen molar-refractivity contribution in [3.05, 3.63) is 17.0 Å². The molecule has 0 bridgehead atoms. The van der Waals surface area contributed by atoms with Gasteiger partial charge in [0.15, 0.2) is 0 Å². The number of nitrogens with one attached hydrogen (secondary N) is 1. The summed E-state index contributed by atoms with van der Waals surface area (Å²) in [7, 11) is 1.53. The number of nitrogens with zero attached hydrogens (tertiary/aromatic N) is 3. The number of aromatic nitrogens is 2. The standard InChI is InChI=1S/C14H22N4O2/c1-6-18-10(4)13(9(3)16-18)8(2)15-11-7-12(19)17(5)14(11)20/h8,11,15H,6-7H2,1-5H3. The van der Waals surface area contributed by atoms with Gasteiger partial charge in [-0.2, -0.15) is 5.10 Å². The molecule has 1 fully saturated rings. The first kappa shape index (κ1) is 14.7. The monoisotopic (exact) mass is 278 g/mol. The first-order valence-electron chi connectivity index (χ1n) is 6.97. The van der Waals surface area contributed by atoms with Crippen molar-refractivity contribution in [2.45, 2.75) is 52.7 Å². The van der Waals surface area contributed by atoms with E-state index < -0.39 is 6.04 Å². The Morgan fingerprint density at radius 2 is 2.05 bits per heavy atom. The van der Waals surface area contributed by atoms with Crippen LogP contribution in [0.25, 0.3) is 0 Å². The molecule has 20 heavy (non-hydrogen) atoms. The maximum absolute atomic E-state index is 11.9. The molecule has 1 saturated heterocycles. The molecule has 2 amide bonds. The third kappa shape index (κ3) is 2.35. The third-order valence-corrected chi connectivity index (χ3v) is 4.00. The molecule has 0 spiro atoms. The molecule has 2 rings (SSSR count). The lowest BCUT2D eigenvalue weighted by atomic mass is 10.0. The molecule has 0 saturated carbocycles. The fraction of sp³-hybridized carbons (Fsp3) is 0.643. The van der Waals surface area contributed by atoms with Gasteiger partial charge in [0.05, 0.1) is 18.2 Å². The van der Waals surface area contributed by atoms with Crippen molar-refractivity contribution in [3.8, 4) is 0 Å². The van der Waals surface area contributed by atoms with Crippen LogP contribution in [0, 0.1) is 13.8 Å². The smallest absolute Gasteiger partial charge is 0.246 e. The van der Waals surface area contributed by atoms with Crippen molar-refractivity contribution >= 4 is 11.8 Å². The lowest BCUT2D eigenvalue weighted by Gasteiger charge is -2.18. The topological polar surface area (TPSA) is 67.2 Å². The van der Waals surface area contributed by atoms with Crippen molar-refractivity contribution in [1.29, 1.82) is 0 Å². The van der Waals surface area contributed by atoms with E-state index in [1.807, 2.05) is 25.5 Å². The van der Waals surface area contributed by atoms with E-state index in [2.05, 4.69) is 17.3 Å². The van der Waals surface area contributed by atoms with Gasteiger partial charge in [-0.1, -0.05) is 0 Å². The van der Waals surface area contributed by atoms with E-state index in [1.54, 1.807) is 0 Å². The predicted molar refractivity (Wildman–Crippen MR) is 75.1 cm³/mol. The highest BCUT2D eigenvalue weighted by Crippen LogP contribution is 2.23. The molecule has 1 N–H and O–H groups in total. The number of amides is 2. The van der Waals surface area contributed by atoms with Crippen molar-refractivity contribution < 1.29 is 9.59 Å². The molecular formula is C14H22N4O2. The van der Waals surface area contributed by atoms with Crippen molar-refractivity contribution in [2.24, 2.45) is 0 Å². The molecule has 1 aromatic rings. The summed E-state index contributed by atoms with van der Waals surface area (Å²) in [6.45, 7) is 8.89. The Hall–Kier alpha value is -1.69. The first-order chi connectivity index (χ1) is 9.36. The summed E-state index contributed by atoms with van der Waals surface area (Å²) in [5.41, 5.74) is 3.19. The van der Waals surface area contributed by atoms with Crippen LogP contribution >= 0.6 is 0 Å². The minimum atomic E-state index is -0.425. The zero-order chi connectivity index (χ0) is 15.0. The van der Waals surface area contributed by atoms with Crippen molar-refractivity contribution in [2.75, 3.05) is 7.05 Å². The fourth-order valence-corrected chi connectivity index (χ4v) is 2.92. The summed E-state index contributed by atoms with van der Waals surface area (Å²) < 4.78 is 1.95. The van der Waals surface area contributed by atoms with Crippen LogP contribution in [0.1, 0.15) is 43.3 Å². The van der Waals surface area contributed by atoms with Gasteiger partial charge in [-0.3, -0.25) is 24.5 Å². The quantitative estimate of drug-likeness (QED) is 0.832. The van der Waals surface area contributed by atoms with Gasteiger partial charge in [-0.25, -0.2) is 0 Å². The number of rotatable bonds is 4. The summed E-state index contributed by atoms with van der Waals surface area (Å²) in [6, 6.07) is -0.435. The van der Waals surface area contributed by atoms with Crippen LogP contribution in [0.5, 0.6) is 0 Å². The Kier molecular flexibility index (Phi) is 3.94. The zero-order valence-electron chi connectivity index (χ0n) is 12.7. The Morgan fingerprint density at radius 1 is 1.40 bits per heavy atom. The summed E-state index contributed by atoms with van der Waals surface area (Å²) in [5, 5.41) is 7.75. The highest BCUT2D eigenvalue weighted by molar-refractivity contribution is 6.05. The number of carbonyl (C=O) groups is 2. The van der Waals surface area contributed by atoms with E-state index >= 15 is 0 Å². The van der Waals surface area contributed by atoms with Gasteiger partial charge in [0.2, 0.25) is 11.8 Å². The minimum absolute atomic E-state index is 0.0106. The van der Waals surface area contributed by atoms with Crippen LogP contribution in [0.3, 0.4) is 0 Å². The van der Waals surface area contributed by atoms with E-state index in [4.69, 9.17) is 0 Å². The van der Waals surface area contributed by atoms with Crippen LogP contribution in [-0.2, 0) is 16.1 Å². The fourth-order valence-electron chi connectivity index (χ4n) is 2.92. The lowest BCUT2D eigenvalue weighted by Crippen LogP contribution is -2.38. The number of likely N-dealkylation sites (tertiary alicyclic amines) is 1. The molecule has 6 heteroatoms. The first-order valence-corrected chi connectivity index (χ1v) is 6.97. The van der Waals surface area contributed by atoms with Gasteiger partial charge in [-0.15, -0.1) is 0 Å². The van der Waals surface area contributed by atoms with E-state index in [9.17, 15) is 9.59 Å². The highest BCUT2D eigenvalue weighted by atomic mass is 16.2. The Balaban J connectivity index is 2.17. The van der Waals surface area contributed by atoms with Crippen molar-refractivity contribution in [3.63, 3.8) is 0 Å². The van der Waals surface area contributed by atoms with E-state index in [0.717, 1.165) is 23.5 Å². The van der Waals surface area contributed by atoms with Gasteiger partial charge in [0.1, 0.15) is 0 Å². The maximum Gasteiger partial charge on any atom is 0.246 e. The summed E-state index contributed by atoms with van der Waals surface area (Å²) in [6.07, 6.45) is 0.236. The van der Waals surface area contributed by atoms with E-state index in [-0.39, 0.29) is 24.3 Å². The molecule has 2 atom stereocenters. The minimum Gasteiger partial charge on any atom is -0.299 e. The van der Waals surface area contributed by atoms with E-state index in [1.165, 1.54) is 11.9 Å². The molecule has 1 aliphatic heterocycles. The average Bonchev–Trinajstić information content (AvgIpc) is 2.81. The molecule has 110 valence electrons. The molecule has 2 heterocycles. The zero-order valence-corrected chi connectivity index (χ0v) is 12.7. The third-order valence-electron chi connectivity index (χ3n) is 4.00. The molecule has 0 radical (unpaired) electrons. The number of aryl methyl sites for hydroxylation is 2. The predicted octanol–water partition coefficient (Wildman–Crippen LogP) is 0.928. The summed E-state index contributed by atoms with van der Waals surface area (Å²) >= 11 is 0. The Bertz CT molecular complexity index is 550. The highest BCUT2D eigenvalue weighted by Gasteiger charge is 2.37. The number of hydrogen-bond donors (Lipinski definition) is 1.